The molecule has 0 aromatic heterocycles. The summed E-state index contributed by atoms with van der Waals surface area (Å²) >= 11 is 0. The normalized spacial score (nSPS) is 12.1. The molecular weight excluding hydrogens is 412 g/mol. The molecule has 0 radical (unpaired) electrons. The van der Waals surface area contributed by atoms with Gasteiger partial charge in [0.2, 0.25) is 5.91 Å². The van der Waals surface area contributed by atoms with Crippen molar-refractivity contribution in [3.05, 3.63) is 0 Å². The van der Waals surface area contributed by atoms with Crippen LogP contribution in [0.3, 0.4) is 0 Å². The lowest BCUT2D eigenvalue weighted by molar-refractivity contribution is -0.146. The highest BCUT2D eigenvalue weighted by molar-refractivity contribution is 5.78. The zero-order valence-corrected chi connectivity index (χ0v) is 22.1. The zero-order chi connectivity index (χ0) is 24.4. The molecular formula is C28H56N2O3. The molecule has 0 fully saturated rings. The summed E-state index contributed by atoms with van der Waals surface area (Å²) in [6.45, 7) is 2.75. The molecule has 0 saturated heterocycles. The van der Waals surface area contributed by atoms with Crippen molar-refractivity contribution in [2.75, 3.05) is 13.7 Å². The fourth-order valence-corrected chi connectivity index (χ4v) is 4.30. The maximum Gasteiger partial charge on any atom is 0.323 e. The number of ether oxygens (including phenoxy) is 1. The lowest BCUT2D eigenvalue weighted by Gasteiger charge is -2.14. The standard InChI is InChI=1S/C28H56N2O3/c1-3-4-5-6-7-8-9-10-11-12-13-14-15-16-17-18-19-20-21-22-25-33-28(32)26(30-2)23-24-27(29)31/h26,30H,3-25H2,1-2H3,(H2,29,31)/t26-/m1/s1. The highest BCUT2D eigenvalue weighted by Gasteiger charge is 2.18. The Hall–Kier alpha value is -1.10. The Morgan fingerprint density at radius 1 is 0.667 bits per heavy atom. The summed E-state index contributed by atoms with van der Waals surface area (Å²) < 4.78 is 5.31. The Morgan fingerprint density at radius 2 is 1.03 bits per heavy atom. The first-order valence-electron chi connectivity index (χ1n) is 14.2. The highest BCUT2D eigenvalue weighted by atomic mass is 16.5. The highest BCUT2D eigenvalue weighted by Crippen LogP contribution is 2.15. The number of hydrogen-bond acceptors (Lipinski definition) is 4. The molecule has 1 amide bonds. The second kappa shape index (κ2) is 25.5. The van der Waals surface area contributed by atoms with Crippen LogP contribution >= 0.6 is 0 Å². The smallest absolute Gasteiger partial charge is 0.323 e. The molecule has 5 nitrogen and oxygen atoms in total. The van der Waals surface area contributed by atoms with E-state index in [-0.39, 0.29) is 12.4 Å². The Labute approximate surface area is 205 Å². The van der Waals surface area contributed by atoms with Crippen LogP contribution < -0.4 is 11.1 Å². The van der Waals surface area contributed by atoms with Gasteiger partial charge in [-0.3, -0.25) is 9.59 Å². The summed E-state index contributed by atoms with van der Waals surface area (Å²) in [6.07, 6.45) is 27.7. The van der Waals surface area contributed by atoms with Crippen LogP contribution in [0.2, 0.25) is 0 Å². The average molecular weight is 469 g/mol. The molecule has 5 heteroatoms. The molecule has 0 rings (SSSR count). The van der Waals surface area contributed by atoms with E-state index < -0.39 is 11.9 Å². The number of carbonyl (C=O) groups is 2. The molecule has 196 valence electrons. The van der Waals surface area contributed by atoms with Crippen molar-refractivity contribution < 1.29 is 14.3 Å². The quantitative estimate of drug-likeness (QED) is 0.104. The lowest BCUT2D eigenvalue weighted by atomic mass is 10.0. The van der Waals surface area contributed by atoms with Crippen molar-refractivity contribution in [3.63, 3.8) is 0 Å². The van der Waals surface area contributed by atoms with E-state index in [1.54, 1.807) is 7.05 Å². The van der Waals surface area contributed by atoms with Crippen LogP contribution in [0.15, 0.2) is 0 Å². The van der Waals surface area contributed by atoms with Crippen LogP contribution in [0.4, 0.5) is 0 Å². The van der Waals surface area contributed by atoms with Gasteiger partial charge in [0, 0.05) is 6.42 Å². The minimum atomic E-state index is -0.442. The molecule has 1 atom stereocenters. The summed E-state index contributed by atoms with van der Waals surface area (Å²) in [5, 5.41) is 2.89. The molecule has 0 aliphatic rings. The maximum atomic E-state index is 12.0. The van der Waals surface area contributed by atoms with E-state index in [1.807, 2.05) is 0 Å². The fraction of sp³-hybridized carbons (Fsp3) is 0.929. The minimum absolute atomic E-state index is 0.194. The first-order chi connectivity index (χ1) is 16.1. The molecule has 0 aliphatic heterocycles. The predicted octanol–water partition coefficient (Wildman–Crippen LogP) is 7.21. The Bertz CT molecular complexity index is 443. The van der Waals surface area contributed by atoms with E-state index in [2.05, 4.69) is 12.2 Å². The summed E-state index contributed by atoms with van der Waals surface area (Å²) in [5.41, 5.74) is 5.13. The van der Waals surface area contributed by atoms with E-state index in [0.717, 1.165) is 12.8 Å². The molecule has 33 heavy (non-hydrogen) atoms. The van der Waals surface area contributed by atoms with Crippen LogP contribution in [0.1, 0.15) is 148 Å². The van der Waals surface area contributed by atoms with E-state index in [4.69, 9.17) is 10.5 Å². The number of hydrogen-bond donors (Lipinski definition) is 2. The number of unbranched alkanes of at least 4 members (excludes halogenated alkanes) is 19. The molecule has 0 bridgehead atoms. The van der Waals surface area contributed by atoms with Gasteiger partial charge in [-0.25, -0.2) is 0 Å². The van der Waals surface area contributed by atoms with Gasteiger partial charge in [-0.15, -0.1) is 0 Å². The third-order valence-electron chi connectivity index (χ3n) is 6.55. The molecule has 0 aromatic carbocycles. The largest absolute Gasteiger partial charge is 0.465 e. The Kier molecular flexibility index (Phi) is 24.7. The number of rotatable bonds is 26. The van der Waals surface area contributed by atoms with Crippen LogP contribution in [0.25, 0.3) is 0 Å². The minimum Gasteiger partial charge on any atom is -0.465 e. The second-order valence-electron chi connectivity index (χ2n) is 9.73. The van der Waals surface area contributed by atoms with Gasteiger partial charge in [-0.1, -0.05) is 129 Å². The van der Waals surface area contributed by atoms with Crippen LogP contribution in [-0.2, 0) is 14.3 Å². The molecule has 0 saturated carbocycles. The van der Waals surface area contributed by atoms with Crippen molar-refractivity contribution >= 4 is 11.9 Å². The van der Waals surface area contributed by atoms with Crippen LogP contribution in [0, 0.1) is 0 Å². The monoisotopic (exact) mass is 468 g/mol. The third kappa shape index (κ3) is 23.8. The summed E-state index contributed by atoms with van der Waals surface area (Å²) in [4.78, 5) is 22.8. The first-order valence-corrected chi connectivity index (χ1v) is 14.2. The Balaban J connectivity index is 3.25. The topological polar surface area (TPSA) is 81.4 Å². The number of esters is 1. The molecule has 0 spiro atoms. The van der Waals surface area contributed by atoms with E-state index in [1.165, 1.54) is 116 Å². The maximum absolute atomic E-state index is 12.0. The number of nitrogens with one attached hydrogen (secondary N) is 1. The number of nitrogens with two attached hydrogens (primary N) is 1. The van der Waals surface area contributed by atoms with Gasteiger partial charge in [-0.05, 0) is 19.9 Å². The number of likely N-dealkylation sites (N-methyl/N-ethyl adjacent to an activating group) is 1. The van der Waals surface area contributed by atoms with Crippen LogP contribution in [0.5, 0.6) is 0 Å². The SMILES string of the molecule is CCCCCCCCCCCCCCCCCCCCCCOC(=O)[C@@H](CCC(N)=O)NC. The second-order valence-corrected chi connectivity index (χ2v) is 9.73. The average Bonchev–Trinajstić information content (AvgIpc) is 2.80. The molecule has 0 aliphatic carbocycles. The fourth-order valence-electron chi connectivity index (χ4n) is 4.30. The van der Waals surface area contributed by atoms with Crippen molar-refractivity contribution in [3.8, 4) is 0 Å². The molecule has 0 unspecified atom stereocenters. The van der Waals surface area contributed by atoms with Gasteiger partial charge in [0.15, 0.2) is 0 Å². The number of primary amides is 1. The summed E-state index contributed by atoms with van der Waals surface area (Å²) in [5.74, 6) is -0.673. The van der Waals surface area contributed by atoms with Crippen molar-refractivity contribution in [2.24, 2.45) is 5.73 Å². The van der Waals surface area contributed by atoms with Gasteiger partial charge < -0.3 is 15.8 Å². The van der Waals surface area contributed by atoms with E-state index in [9.17, 15) is 9.59 Å². The summed E-state index contributed by atoms with van der Waals surface area (Å²) in [6, 6.07) is -0.442. The van der Waals surface area contributed by atoms with Gasteiger partial charge in [0.05, 0.1) is 6.61 Å². The Morgan fingerprint density at radius 3 is 1.36 bits per heavy atom. The van der Waals surface area contributed by atoms with Gasteiger partial charge in [0.25, 0.3) is 0 Å². The number of amides is 1. The van der Waals surface area contributed by atoms with Crippen molar-refractivity contribution in [2.45, 2.75) is 154 Å². The third-order valence-corrected chi connectivity index (χ3v) is 6.55. The molecule has 3 N–H and O–H groups in total. The van der Waals surface area contributed by atoms with E-state index >= 15 is 0 Å². The molecule has 0 heterocycles. The van der Waals surface area contributed by atoms with Crippen molar-refractivity contribution in [1.82, 2.24) is 5.32 Å². The van der Waals surface area contributed by atoms with Crippen molar-refractivity contribution in [1.29, 1.82) is 0 Å². The van der Waals surface area contributed by atoms with E-state index in [0.29, 0.717) is 13.0 Å². The lowest BCUT2D eigenvalue weighted by Crippen LogP contribution is -2.36. The van der Waals surface area contributed by atoms with Gasteiger partial charge in [-0.2, -0.15) is 0 Å². The predicted molar refractivity (Wildman–Crippen MR) is 140 cm³/mol. The number of carbonyl (C=O) groups excluding carboxylic acids is 2. The van der Waals surface area contributed by atoms with Gasteiger partial charge >= 0.3 is 5.97 Å². The van der Waals surface area contributed by atoms with Crippen LogP contribution in [-0.4, -0.2) is 31.6 Å². The first kappa shape index (κ1) is 31.9. The molecule has 0 aromatic rings. The van der Waals surface area contributed by atoms with Gasteiger partial charge in [0.1, 0.15) is 6.04 Å². The summed E-state index contributed by atoms with van der Waals surface area (Å²) in [7, 11) is 1.70. The zero-order valence-electron chi connectivity index (χ0n) is 22.1.